The van der Waals surface area contributed by atoms with Crippen molar-refractivity contribution in [1.29, 1.82) is 0 Å². The Morgan fingerprint density at radius 2 is 2.21 bits per heavy atom. The Morgan fingerprint density at radius 1 is 1.38 bits per heavy atom. The standard InChI is InChI=1S/C18H24FN5/c1-20-17(21-9-6-14-11-23-24(2)12-14)22-13-18(7-8-18)15-4-3-5-16(19)10-15/h3-5,10-12H,6-9,13H2,1-2H3,(H2,20,21,22). The lowest BCUT2D eigenvalue weighted by Crippen LogP contribution is -2.42. The molecule has 0 radical (unpaired) electrons. The van der Waals surface area contributed by atoms with Crippen LogP contribution in [0, 0.1) is 5.82 Å². The molecule has 1 aromatic carbocycles. The zero-order valence-corrected chi connectivity index (χ0v) is 14.2. The Bertz CT molecular complexity index is 718. The van der Waals surface area contributed by atoms with Gasteiger partial charge in [0.15, 0.2) is 5.96 Å². The van der Waals surface area contributed by atoms with E-state index in [0.29, 0.717) is 0 Å². The van der Waals surface area contributed by atoms with Crippen LogP contribution in [0.15, 0.2) is 41.7 Å². The van der Waals surface area contributed by atoms with Gasteiger partial charge in [0.05, 0.1) is 6.20 Å². The molecule has 0 amide bonds. The summed E-state index contributed by atoms with van der Waals surface area (Å²) in [6.07, 6.45) is 6.94. The molecule has 0 saturated heterocycles. The van der Waals surface area contributed by atoms with Gasteiger partial charge in [-0.05, 0) is 42.5 Å². The minimum Gasteiger partial charge on any atom is -0.356 e. The highest BCUT2D eigenvalue weighted by Gasteiger charge is 2.44. The molecule has 6 heteroatoms. The fraction of sp³-hybridized carbons (Fsp3) is 0.444. The van der Waals surface area contributed by atoms with Crippen LogP contribution in [0.2, 0.25) is 0 Å². The van der Waals surface area contributed by atoms with Gasteiger partial charge in [-0.3, -0.25) is 9.67 Å². The van der Waals surface area contributed by atoms with Crippen molar-refractivity contribution in [2.75, 3.05) is 20.1 Å². The predicted molar refractivity (Wildman–Crippen MR) is 93.6 cm³/mol. The number of halogens is 1. The monoisotopic (exact) mass is 329 g/mol. The number of guanidine groups is 1. The number of benzene rings is 1. The number of aryl methyl sites for hydroxylation is 1. The van der Waals surface area contributed by atoms with Gasteiger partial charge in [0.1, 0.15) is 5.82 Å². The molecule has 5 nitrogen and oxygen atoms in total. The van der Waals surface area contributed by atoms with Crippen LogP contribution < -0.4 is 10.6 Å². The smallest absolute Gasteiger partial charge is 0.191 e. The topological polar surface area (TPSA) is 54.2 Å². The molecule has 1 heterocycles. The van der Waals surface area contributed by atoms with Gasteiger partial charge in [-0.2, -0.15) is 5.10 Å². The van der Waals surface area contributed by atoms with E-state index in [0.717, 1.165) is 43.9 Å². The van der Waals surface area contributed by atoms with Crippen LogP contribution in [0.4, 0.5) is 4.39 Å². The quantitative estimate of drug-likeness (QED) is 0.629. The van der Waals surface area contributed by atoms with Gasteiger partial charge in [0.2, 0.25) is 0 Å². The Kier molecular flexibility index (Phi) is 4.83. The van der Waals surface area contributed by atoms with Gasteiger partial charge >= 0.3 is 0 Å². The third kappa shape index (κ3) is 3.93. The van der Waals surface area contributed by atoms with E-state index in [1.165, 1.54) is 11.6 Å². The molecule has 3 rings (SSSR count). The van der Waals surface area contributed by atoms with Crippen molar-refractivity contribution in [1.82, 2.24) is 20.4 Å². The molecule has 0 atom stereocenters. The van der Waals surface area contributed by atoms with E-state index in [1.54, 1.807) is 23.9 Å². The number of nitrogens with zero attached hydrogens (tertiary/aromatic N) is 3. The van der Waals surface area contributed by atoms with Crippen LogP contribution in [-0.4, -0.2) is 35.9 Å². The summed E-state index contributed by atoms with van der Waals surface area (Å²) < 4.78 is 15.3. The van der Waals surface area contributed by atoms with Gasteiger partial charge in [-0.15, -0.1) is 0 Å². The van der Waals surface area contributed by atoms with Crippen LogP contribution in [0.1, 0.15) is 24.0 Å². The number of nitrogens with one attached hydrogen (secondary N) is 2. The van der Waals surface area contributed by atoms with Crippen molar-refractivity contribution < 1.29 is 4.39 Å². The zero-order chi connectivity index (χ0) is 17.0. The van der Waals surface area contributed by atoms with Gasteiger partial charge in [0, 0.05) is 38.8 Å². The summed E-state index contributed by atoms with van der Waals surface area (Å²) in [6, 6.07) is 6.93. The lowest BCUT2D eigenvalue weighted by Gasteiger charge is -2.19. The van der Waals surface area contributed by atoms with Crippen molar-refractivity contribution in [2.24, 2.45) is 12.0 Å². The van der Waals surface area contributed by atoms with E-state index in [2.05, 4.69) is 20.7 Å². The second-order valence-corrected chi connectivity index (χ2v) is 6.42. The first kappa shape index (κ1) is 16.5. The van der Waals surface area contributed by atoms with Crippen LogP contribution >= 0.6 is 0 Å². The molecule has 2 aromatic rings. The molecule has 1 aliphatic carbocycles. The average Bonchev–Trinajstić information content (AvgIpc) is 3.26. The summed E-state index contributed by atoms with van der Waals surface area (Å²) in [5.74, 6) is 0.610. The maximum Gasteiger partial charge on any atom is 0.191 e. The Hall–Kier alpha value is -2.37. The molecule has 1 aliphatic rings. The summed E-state index contributed by atoms with van der Waals surface area (Å²) in [4.78, 5) is 4.27. The molecule has 0 unspecified atom stereocenters. The summed E-state index contributed by atoms with van der Waals surface area (Å²) >= 11 is 0. The molecule has 2 N–H and O–H groups in total. The SMILES string of the molecule is CN=C(NCCc1cnn(C)c1)NCC1(c2cccc(F)c2)CC1. The Morgan fingerprint density at radius 3 is 2.83 bits per heavy atom. The maximum absolute atomic E-state index is 13.5. The number of hydrogen-bond acceptors (Lipinski definition) is 2. The molecule has 1 saturated carbocycles. The highest BCUT2D eigenvalue weighted by molar-refractivity contribution is 5.79. The molecule has 0 aliphatic heterocycles. The van der Waals surface area contributed by atoms with Gasteiger partial charge in [0.25, 0.3) is 0 Å². The molecular formula is C18H24FN5. The summed E-state index contributed by atoms with van der Waals surface area (Å²) in [7, 11) is 3.68. The third-order valence-corrected chi connectivity index (χ3v) is 4.57. The first-order valence-electron chi connectivity index (χ1n) is 8.29. The molecule has 0 spiro atoms. The highest BCUT2D eigenvalue weighted by Crippen LogP contribution is 2.47. The number of aliphatic imine (C=N–C) groups is 1. The second-order valence-electron chi connectivity index (χ2n) is 6.42. The van der Waals surface area contributed by atoms with Crippen LogP contribution in [-0.2, 0) is 18.9 Å². The predicted octanol–water partition coefficient (Wildman–Crippen LogP) is 2.00. The minimum atomic E-state index is -0.169. The second kappa shape index (κ2) is 7.03. The van der Waals surface area contributed by atoms with Crippen LogP contribution in [0.5, 0.6) is 0 Å². The lowest BCUT2D eigenvalue weighted by atomic mass is 9.96. The van der Waals surface area contributed by atoms with Crippen LogP contribution in [0.25, 0.3) is 0 Å². The minimum absolute atomic E-state index is 0.0447. The Labute approximate surface area is 142 Å². The largest absolute Gasteiger partial charge is 0.356 e. The molecule has 24 heavy (non-hydrogen) atoms. The first-order valence-corrected chi connectivity index (χ1v) is 8.29. The molecule has 1 aromatic heterocycles. The van der Waals surface area contributed by atoms with Gasteiger partial charge < -0.3 is 10.6 Å². The first-order chi connectivity index (χ1) is 11.6. The van der Waals surface area contributed by atoms with E-state index in [4.69, 9.17) is 0 Å². The molecule has 1 fully saturated rings. The van der Waals surface area contributed by atoms with E-state index >= 15 is 0 Å². The van der Waals surface area contributed by atoms with Crippen molar-refractivity contribution >= 4 is 5.96 Å². The summed E-state index contributed by atoms with van der Waals surface area (Å²) in [5.41, 5.74) is 2.31. The van der Waals surface area contributed by atoms with Crippen molar-refractivity contribution in [3.8, 4) is 0 Å². The molecule has 0 bridgehead atoms. The van der Waals surface area contributed by atoms with E-state index in [-0.39, 0.29) is 11.2 Å². The van der Waals surface area contributed by atoms with E-state index in [9.17, 15) is 4.39 Å². The molecular weight excluding hydrogens is 305 g/mol. The number of aromatic nitrogens is 2. The van der Waals surface area contributed by atoms with Gasteiger partial charge in [-0.1, -0.05) is 12.1 Å². The van der Waals surface area contributed by atoms with E-state index < -0.39 is 0 Å². The van der Waals surface area contributed by atoms with Crippen molar-refractivity contribution in [2.45, 2.75) is 24.7 Å². The average molecular weight is 329 g/mol. The van der Waals surface area contributed by atoms with Crippen molar-refractivity contribution in [3.63, 3.8) is 0 Å². The third-order valence-electron chi connectivity index (χ3n) is 4.57. The van der Waals surface area contributed by atoms with Crippen molar-refractivity contribution in [3.05, 3.63) is 53.6 Å². The number of rotatable bonds is 6. The summed E-state index contributed by atoms with van der Waals surface area (Å²) in [6.45, 7) is 1.56. The lowest BCUT2D eigenvalue weighted by molar-refractivity contribution is 0.607. The number of hydrogen-bond donors (Lipinski definition) is 2. The van der Waals surface area contributed by atoms with Gasteiger partial charge in [-0.25, -0.2) is 4.39 Å². The highest BCUT2D eigenvalue weighted by atomic mass is 19.1. The fourth-order valence-electron chi connectivity index (χ4n) is 2.94. The fourth-order valence-corrected chi connectivity index (χ4v) is 2.94. The van der Waals surface area contributed by atoms with E-state index in [1.807, 2.05) is 25.5 Å². The summed E-state index contributed by atoms with van der Waals surface area (Å²) in [5, 5.41) is 10.9. The normalized spacial score (nSPS) is 16.0. The Balaban J connectivity index is 1.49. The maximum atomic E-state index is 13.5. The zero-order valence-electron chi connectivity index (χ0n) is 14.2. The molecule has 128 valence electrons. The van der Waals surface area contributed by atoms with Crippen LogP contribution in [0.3, 0.4) is 0 Å².